The van der Waals surface area contributed by atoms with E-state index in [2.05, 4.69) is 4.98 Å². The molecule has 0 saturated carbocycles. The first kappa shape index (κ1) is 16.6. The minimum absolute atomic E-state index is 0.260. The van der Waals surface area contributed by atoms with E-state index >= 15 is 0 Å². The second-order valence-corrected chi connectivity index (χ2v) is 6.18. The highest BCUT2D eigenvalue weighted by molar-refractivity contribution is 5.81. The van der Waals surface area contributed by atoms with Crippen molar-refractivity contribution in [1.82, 2.24) is 9.88 Å². The van der Waals surface area contributed by atoms with Gasteiger partial charge in [0.1, 0.15) is 5.82 Å². The van der Waals surface area contributed by atoms with Crippen molar-refractivity contribution in [3.05, 3.63) is 77.7 Å². The first-order valence-corrected chi connectivity index (χ1v) is 8.05. The van der Waals surface area contributed by atoms with Crippen LogP contribution in [-0.4, -0.2) is 34.7 Å². The second-order valence-electron chi connectivity index (χ2n) is 6.18. The molecule has 1 N–H and O–H groups in total. The predicted molar refractivity (Wildman–Crippen MR) is 94.2 cm³/mol. The number of aliphatic hydroxyl groups is 1. The van der Waals surface area contributed by atoms with E-state index in [1.807, 2.05) is 48.3 Å². The molecule has 0 aliphatic carbocycles. The van der Waals surface area contributed by atoms with E-state index in [1.54, 1.807) is 12.3 Å². The molecule has 1 heterocycles. The Labute approximate surface area is 141 Å². The minimum Gasteiger partial charge on any atom is -0.391 e. The Morgan fingerprint density at radius 3 is 2.71 bits per heavy atom. The average molecular weight is 324 g/mol. The van der Waals surface area contributed by atoms with E-state index < -0.39 is 6.10 Å². The molecule has 124 valence electrons. The zero-order valence-electron chi connectivity index (χ0n) is 13.7. The third kappa shape index (κ3) is 4.16. The number of fused-ring (bicyclic) bond motifs is 1. The van der Waals surface area contributed by atoms with Crippen LogP contribution < -0.4 is 0 Å². The number of halogens is 1. The lowest BCUT2D eigenvalue weighted by Gasteiger charge is -2.21. The van der Waals surface area contributed by atoms with Gasteiger partial charge in [-0.25, -0.2) is 4.39 Å². The van der Waals surface area contributed by atoms with Crippen molar-refractivity contribution in [1.29, 1.82) is 0 Å². The number of likely N-dealkylation sites (N-methyl/N-ethyl adjacent to an activating group) is 1. The molecular formula is C20H21FN2O. The molecule has 1 atom stereocenters. The summed E-state index contributed by atoms with van der Waals surface area (Å²) in [6, 6.07) is 16.6. The van der Waals surface area contributed by atoms with Crippen LogP contribution in [-0.2, 0) is 13.0 Å². The van der Waals surface area contributed by atoms with Crippen molar-refractivity contribution in [2.75, 3.05) is 13.6 Å². The largest absolute Gasteiger partial charge is 0.391 e. The lowest BCUT2D eigenvalue weighted by atomic mass is 10.1. The molecule has 0 amide bonds. The molecular weight excluding hydrogens is 303 g/mol. The van der Waals surface area contributed by atoms with Gasteiger partial charge in [-0.2, -0.15) is 0 Å². The predicted octanol–water partition coefficient (Wildman–Crippen LogP) is 3.41. The zero-order chi connectivity index (χ0) is 16.9. The number of nitrogens with zero attached hydrogens (tertiary/aromatic N) is 2. The first-order chi connectivity index (χ1) is 11.6. The fourth-order valence-electron chi connectivity index (χ4n) is 3.01. The summed E-state index contributed by atoms with van der Waals surface area (Å²) in [5.74, 6) is -0.260. The maximum Gasteiger partial charge on any atom is 0.124 e. The quantitative estimate of drug-likeness (QED) is 0.755. The standard InChI is InChI=1S/C20H21FN2O/c1-23(14-19(24)10-15-6-3-2-4-7-15)13-17-12-18(21)11-16-8-5-9-22-20(16)17/h2-9,11-12,19,24H,10,13-14H2,1H3. The van der Waals surface area contributed by atoms with Crippen LogP contribution in [0.3, 0.4) is 0 Å². The van der Waals surface area contributed by atoms with Crippen molar-refractivity contribution in [2.24, 2.45) is 0 Å². The molecule has 3 nitrogen and oxygen atoms in total. The molecule has 0 bridgehead atoms. The SMILES string of the molecule is CN(Cc1cc(F)cc2cccnc12)CC(O)Cc1ccccc1. The van der Waals surface area contributed by atoms with E-state index in [0.717, 1.165) is 22.0 Å². The molecule has 3 aromatic rings. The third-order valence-corrected chi connectivity index (χ3v) is 4.03. The molecule has 0 spiro atoms. The number of rotatable bonds is 6. The van der Waals surface area contributed by atoms with E-state index in [1.165, 1.54) is 12.1 Å². The number of aliphatic hydroxyl groups excluding tert-OH is 1. The Bertz CT molecular complexity index is 807. The van der Waals surface area contributed by atoms with Gasteiger partial charge in [-0.3, -0.25) is 9.88 Å². The number of hydrogen-bond acceptors (Lipinski definition) is 3. The highest BCUT2D eigenvalue weighted by Gasteiger charge is 2.12. The van der Waals surface area contributed by atoms with E-state index in [4.69, 9.17) is 0 Å². The zero-order valence-corrected chi connectivity index (χ0v) is 13.7. The van der Waals surface area contributed by atoms with Gasteiger partial charge in [-0.05, 0) is 42.8 Å². The Balaban J connectivity index is 1.67. The number of benzene rings is 2. The average Bonchev–Trinajstić information content (AvgIpc) is 2.55. The van der Waals surface area contributed by atoms with Crippen LogP contribution in [0.25, 0.3) is 10.9 Å². The van der Waals surface area contributed by atoms with Gasteiger partial charge in [-0.1, -0.05) is 36.4 Å². The normalized spacial score (nSPS) is 12.7. The highest BCUT2D eigenvalue weighted by atomic mass is 19.1. The van der Waals surface area contributed by atoms with Gasteiger partial charge >= 0.3 is 0 Å². The van der Waals surface area contributed by atoms with Gasteiger partial charge < -0.3 is 5.11 Å². The summed E-state index contributed by atoms with van der Waals surface area (Å²) in [6.45, 7) is 1.05. The van der Waals surface area contributed by atoms with Crippen molar-refractivity contribution in [3.63, 3.8) is 0 Å². The van der Waals surface area contributed by atoms with Crippen LogP contribution in [0.5, 0.6) is 0 Å². The molecule has 24 heavy (non-hydrogen) atoms. The van der Waals surface area contributed by atoms with Crippen molar-refractivity contribution in [2.45, 2.75) is 19.1 Å². The van der Waals surface area contributed by atoms with Crippen molar-refractivity contribution >= 4 is 10.9 Å². The van der Waals surface area contributed by atoms with Gasteiger partial charge in [0.15, 0.2) is 0 Å². The third-order valence-electron chi connectivity index (χ3n) is 4.03. The van der Waals surface area contributed by atoms with Crippen LogP contribution in [0.4, 0.5) is 4.39 Å². The van der Waals surface area contributed by atoms with Crippen LogP contribution in [0.2, 0.25) is 0 Å². The van der Waals surface area contributed by atoms with Gasteiger partial charge in [-0.15, -0.1) is 0 Å². The van der Waals surface area contributed by atoms with Gasteiger partial charge in [0, 0.05) is 24.7 Å². The molecule has 4 heteroatoms. The molecule has 0 aliphatic rings. The second kappa shape index (κ2) is 7.51. The summed E-state index contributed by atoms with van der Waals surface area (Å²) in [5.41, 5.74) is 2.75. The summed E-state index contributed by atoms with van der Waals surface area (Å²) in [4.78, 5) is 6.36. The number of aromatic nitrogens is 1. The number of pyridine rings is 1. The first-order valence-electron chi connectivity index (χ1n) is 8.05. The van der Waals surface area contributed by atoms with E-state index in [0.29, 0.717) is 19.5 Å². The smallest absolute Gasteiger partial charge is 0.124 e. The van der Waals surface area contributed by atoms with Crippen molar-refractivity contribution < 1.29 is 9.50 Å². The van der Waals surface area contributed by atoms with E-state index in [-0.39, 0.29) is 5.82 Å². The fraction of sp³-hybridized carbons (Fsp3) is 0.250. The molecule has 1 unspecified atom stereocenters. The van der Waals surface area contributed by atoms with Crippen LogP contribution in [0.15, 0.2) is 60.8 Å². The summed E-state index contributed by atoms with van der Waals surface area (Å²) < 4.78 is 13.8. The van der Waals surface area contributed by atoms with Gasteiger partial charge in [0.05, 0.1) is 11.6 Å². The molecule has 0 saturated heterocycles. The van der Waals surface area contributed by atoms with E-state index in [9.17, 15) is 9.50 Å². The fourth-order valence-corrected chi connectivity index (χ4v) is 3.01. The Morgan fingerprint density at radius 1 is 1.12 bits per heavy atom. The molecule has 0 radical (unpaired) electrons. The topological polar surface area (TPSA) is 36.4 Å². The highest BCUT2D eigenvalue weighted by Crippen LogP contribution is 2.19. The van der Waals surface area contributed by atoms with Crippen LogP contribution >= 0.6 is 0 Å². The summed E-state index contributed by atoms with van der Waals surface area (Å²) in [7, 11) is 1.92. The summed E-state index contributed by atoms with van der Waals surface area (Å²) >= 11 is 0. The lowest BCUT2D eigenvalue weighted by molar-refractivity contribution is 0.123. The summed E-state index contributed by atoms with van der Waals surface area (Å²) in [5, 5.41) is 11.1. The molecule has 0 fully saturated rings. The molecule has 3 rings (SSSR count). The minimum atomic E-state index is -0.467. The lowest BCUT2D eigenvalue weighted by Crippen LogP contribution is -2.30. The molecule has 1 aromatic heterocycles. The number of hydrogen-bond donors (Lipinski definition) is 1. The molecule has 0 aliphatic heterocycles. The molecule has 2 aromatic carbocycles. The van der Waals surface area contributed by atoms with Crippen molar-refractivity contribution in [3.8, 4) is 0 Å². The summed E-state index contributed by atoms with van der Waals surface area (Å²) in [6.07, 6.45) is 1.85. The maximum absolute atomic E-state index is 13.8. The van der Waals surface area contributed by atoms with Crippen LogP contribution in [0, 0.1) is 5.82 Å². The Kier molecular flexibility index (Phi) is 5.18. The Morgan fingerprint density at radius 2 is 1.92 bits per heavy atom. The Hall–Kier alpha value is -2.30. The van der Waals surface area contributed by atoms with Crippen LogP contribution in [0.1, 0.15) is 11.1 Å². The van der Waals surface area contributed by atoms with Gasteiger partial charge in [0.25, 0.3) is 0 Å². The maximum atomic E-state index is 13.8. The van der Waals surface area contributed by atoms with Gasteiger partial charge in [0.2, 0.25) is 0 Å². The monoisotopic (exact) mass is 324 g/mol.